The molecule has 1 fully saturated rings. The largest absolute Gasteiger partial charge is 0.492 e. The van der Waals surface area contributed by atoms with Crippen molar-refractivity contribution in [1.82, 2.24) is 10.2 Å². The first-order chi connectivity index (χ1) is 8.79. The van der Waals surface area contributed by atoms with Gasteiger partial charge in [0.2, 0.25) is 0 Å². The molecule has 0 saturated carbocycles. The van der Waals surface area contributed by atoms with E-state index in [0.717, 1.165) is 43.6 Å². The monoisotopic (exact) mass is 268 g/mol. The van der Waals surface area contributed by atoms with Crippen LogP contribution in [-0.2, 0) is 0 Å². The van der Waals surface area contributed by atoms with Gasteiger partial charge in [0.05, 0.1) is 0 Å². The van der Waals surface area contributed by atoms with Gasteiger partial charge in [-0.25, -0.2) is 0 Å². The topological polar surface area (TPSA) is 24.5 Å². The van der Waals surface area contributed by atoms with Crippen LogP contribution in [-0.4, -0.2) is 43.7 Å². The number of hydrogen-bond donors (Lipinski definition) is 1. The van der Waals surface area contributed by atoms with E-state index in [1.807, 2.05) is 24.3 Å². The fourth-order valence-corrected chi connectivity index (χ4v) is 2.49. The highest BCUT2D eigenvalue weighted by Crippen LogP contribution is 2.15. The van der Waals surface area contributed by atoms with Gasteiger partial charge in [-0.05, 0) is 43.8 Å². The van der Waals surface area contributed by atoms with E-state index in [0.29, 0.717) is 6.04 Å². The van der Waals surface area contributed by atoms with Crippen molar-refractivity contribution >= 4 is 11.6 Å². The van der Waals surface area contributed by atoms with Gasteiger partial charge in [-0.3, -0.25) is 4.90 Å². The first-order valence-corrected chi connectivity index (χ1v) is 7.00. The molecule has 0 aliphatic carbocycles. The van der Waals surface area contributed by atoms with Gasteiger partial charge >= 0.3 is 0 Å². The molecule has 0 aromatic heterocycles. The summed E-state index contributed by atoms with van der Waals surface area (Å²) >= 11 is 5.83. The molecule has 1 saturated heterocycles. The lowest BCUT2D eigenvalue weighted by Gasteiger charge is -2.26. The Morgan fingerprint density at radius 2 is 2.17 bits per heavy atom. The van der Waals surface area contributed by atoms with E-state index < -0.39 is 0 Å². The molecule has 1 unspecified atom stereocenters. The summed E-state index contributed by atoms with van der Waals surface area (Å²) in [5.41, 5.74) is 0. The molecule has 1 aromatic rings. The number of nitrogens with one attached hydrogen (secondary N) is 1. The minimum Gasteiger partial charge on any atom is -0.492 e. The van der Waals surface area contributed by atoms with Crippen LogP contribution >= 0.6 is 11.6 Å². The van der Waals surface area contributed by atoms with Crippen LogP contribution < -0.4 is 10.1 Å². The first kappa shape index (κ1) is 13.7. The molecule has 2 rings (SSSR count). The predicted octanol–water partition coefficient (Wildman–Crippen LogP) is 2.40. The van der Waals surface area contributed by atoms with Gasteiger partial charge in [0.1, 0.15) is 12.4 Å². The zero-order valence-electron chi connectivity index (χ0n) is 10.9. The van der Waals surface area contributed by atoms with Crippen LogP contribution in [0, 0.1) is 0 Å². The van der Waals surface area contributed by atoms with Crippen LogP contribution in [0.15, 0.2) is 24.3 Å². The molecule has 1 heterocycles. The van der Waals surface area contributed by atoms with E-state index in [-0.39, 0.29) is 0 Å². The molecule has 3 nitrogen and oxygen atoms in total. The van der Waals surface area contributed by atoms with E-state index in [1.54, 1.807) is 0 Å². The van der Waals surface area contributed by atoms with E-state index in [4.69, 9.17) is 16.3 Å². The van der Waals surface area contributed by atoms with Crippen molar-refractivity contribution in [2.45, 2.75) is 19.4 Å². The highest BCUT2D eigenvalue weighted by molar-refractivity contribution is 6.30. The average Bonchev–Trinajstić information content (AvgIpc) is 2.91. The number of ether oxygens (including phenoxy) is 1. The molecule has 0 bridgehead atoms. The normalized spacial score (nSPS) is 19.4. The second-order valence-electron chi connectivity index (χ2n) is 4.58. The second-order valence-corrected chi connectivity index (χ2v) is 5.01. The van der Waals surface area contributed by atoms with Gasteiger partial charge in [0, 0.05) is 24.2 Å². The van der Waals surface area contributed by atoms with Gasteiger partial charge in [-0.2, -0.15) is 0 Å². The molecule has 18 heavy (non-hydrogen) atoms. The van der Waals surface area contributed by atoms with Crippen LogP contribution in [0.5, 0.6) is 5.75 Å². The van der Waals surface area contributed by atoms with Crippen molar-refractivity contribution < 1.29 is 4.74 Å². The van der Waals surface area contributed by atoms with Crippen LogP contribution in [0.25, 0.3) is 0 Å². The maximum Gasteiger partial charge on any atom is 0.119 e. The van der Waals surface area contributed by atoms with Crippen molar-refractivity contribution in [2.75, 3.05) is 32.8 Å². The lowest BCUT2D eigenvalue weighted by Crippen LogP contribution is -2.39. The molecular weight excluding hydrogens is 248 g/mol. The first-order valence-electron chi connectivity index (χ1n) is 6.62. The van der Waals surface area contributed by atoms with E-state index in [1.165, 1.54) is 6.42 Å². The van der Waals surface area contributed by atoms with Crippen LogP contribution in [0.3, 0.4) is 0 Å². The SMILES string of the molecule is CCN(CCOc1ccc(Cl)cc1)C1CCNC1. The number of hydrogen-bond acceptors (Lipinski definition) is 3. The molecule has 1 atom stereocenters. The zero-order valence-corrected chi connectivity index (χ0v) is 11.6. The minimum atomic E-state index is 0.670. The third kappa shape index (κ3) is 3.87. The Morgan fingerprint density at radius 3 is 2.78 bits per heavy atom. The quantitative estimate of drug-likeness (QED) is 0.858. The van der Waals surface area contributed by atoms with Crippen LogP contribution in [0.1, 0.15) is 13.3 Å². The molecule has 0 spiro atoms. The van der Waals surface area contributed by atoms with Gasteiger partial charge in [-0.15, -0.1) is 0 Å². The summed E-state index contributed by atoms with van der Waals surface area (Å²) in [6.07, 6.45) is 1.24. The number of likely N-dealkylation sites (N-methyl/N-ethyl adjacent to an activating group) is 1. The molecular formula is C14H21ClN2O. The van der Waals surface area contributed by atoms with E-state index in [9.17, 15) is 0 Å². The Kier molecular flexibility index (Phi) is 5.29. The number of rotatable bonds is 6. The van der Waals surface area contributed by atoms with Crippen molar-refractivity contribution in [3.05, 3.63) is 29.3 Å². The summed E-state index contributed by atoms with van der Waals surface area (Å²) < 4.78 is 5.73. The smallest absolute Gasteiger partial charge is 0.119 e. The average molecular weight is 269 g/mol. The summed E-state index contributed by atoms with van der Waals surface area (Å²) in [7, 11) is 0. The summed E-state index contributed by atoms with van der Waals surface area (Å²) in [5.74, 6) is 0.889. The Balaban J connectivity index is 1.74. The third-order valence-corrected chi connectivity index (χ3v) is 3.67. The molecule has 4 heteroatoms. The van der Waals surface area contributed by atoms with Gasteiger partial charge in [0.15, 0.2) is 0 Å². The molecule has 1 aliphatic heterocycles. The lowest BCUT2D eigenvalue weighted by molar-refractivity contribution is 0.174. The molecule has 1 aliphatic rings. The summed E-state index contributed by atoms with van der Waals surface area (Å²) in [6.45, 7) is 7.24. The Morgan fingerprint density at radius 1 is 1.39 bits per heavy atom. The third-order valence-electron chi connectivity index (χ3n) is 3.42. The van der Waals surface area contributed by atoms with Crippen molar-refractivity contribution in [2.24, 2.45) is 0 Å². The van der Waals surface area contributed by atoms with Gasteiger partial charge in [0.25, 0.3) is 0 Å². The van der Waals surface area contributed by atoms with Crippen LogP contribution in [0.4, 0.5) is 0 Å². The fourth-order valence-electron chi connectivity index (χ4n) is 2.36. The number of halogens is 1. The molecule has 0 radical (unpaired) electrons. The Bertz CT molecular complexity index is 349. The number of benzene rings is 1. The zero-order chi connectivity index (χ0) is 12.8. The van der Waals surface area contributed by atoms with Crippen molar-refractivity contribution in [1.29, 1.82) is 0 Å². The highest BCUT2D eigenvalue weighted by Gasteiger charge is 2.20. The fraction of sp³-hybridized carbons (Fsp3) is 0.571. The number of nitrogens with zero attached hydrogens (tertiary/aromatic N) is 1. The second kappa shape index (κ2) is 6.98. The molecule has 100 valence electrons. The highest BCUT2D eigenvalue weighted by atomic mass is 35.5. The van der Waals surface area contributed by atoms with Crippen molar-refractivity contribution in [3.63, 3.8) is 0 Å². The molecule has 1 N–H and O–H groups in total. The minimum absolute atomic E-state index is 0.670. The summed E-state index contributed by atoms with van der Waals surface area (Å²) in [4.78, 5) is 2.48. The van der Waals surface area contributed by atoms with Gasteiger partial charge < -0.3 is 10.1 Å². The van der Waals surface area contributed by atoms with Crippen LogP contribution in [0.2, 0.25) is 5.02 Å². The van der Waals surface area contributed by atoms with Crippen molar-refractivity contribution in [3.8, 4) is 5.75 Å². The van der Waals surface area contributed by atoms with E-state index >= 15 is 0 Å². The van der Waals surface area contributed by atoms with Gasteiger partial charge in [-0.1, -0.05) is 18.5 Å². The predicted molar refractivity (Wildman–Crippen MR) is 75.5 cm³/mol. The maximum atomic E-state index is 5.83. The maximum absolute atomic E-state index is 5.83. The Hall–Kier alpha value is -0.770. The lowest BCUT2D eigenvalue weighted by atomic mass is 10.2. The summed E-state index contributed by atoms with van der Waals surface area (Å²) in [6, 6.07) is 8.21. The Labute approximate surface area is 114 Å². The summed E-state index contributed by atoms with van der Waals surface area (Å²) in [5, 5.41) is 4.15. The standard InChI is InChI=1S/C14H21ClN2O/c1-2-17(13-7-8-16-11-13)9-10-18-14-5-3-12(15)4-6-14/h3-6,13,16H,2,7-11H2,1H3. The molecule has 1 aromatic carbocycles. The van der Waals surface area contributed by atoms with E-state index in [2.05, 4.69) is 17.1 Å². The molecule has 0 amide bonds.